The van der Waals surface area contributed by atoms with Gasteiger partial charge in [-0.3, -0.25) is 4.79 Å². The molecule has 0 aromatic heterocycles. The molecule has 0 bridgehead atoms. The van der Waals surface area contributed by atoms with Gasteiger partial charge in [0.1, 0.15) is 0 Å². The topological polar surface area (TPSA) is 46.3 Å². The van der Waals surface area contributed by atoms with Crippen molar-refractivity contribution in [2.24, 2.45) is 29.4 Å². The van der Waals surface area contributed by atoms with Crippen molar-refractivity contribution in [2.45, 2.75) is 38.6 Å². The maximum Gasteiger partial charge on any atom is 0.225 e. The number of carbonyl (C=O) groups excluding carboxylic acids is 1. The van der Waals surface area contributed by atoms with Gasteiger partial charge in [-0.15, -0.1) is 0 Å². The fourth-order valence-electron chi connectivity index (χ4n) is 3.55. The van der Waals surface area contributed by atoms with E-state index in [9.17, 15) is 4.79 Å². The lowest BCUT2D eigenvalue weighted by Crippen LogP contribution is -2.32. The number of nitrogens with two attached hydrogens (primary N) is 1. The Kier molecular flexibility index (Phi) is 2.46. The van der Waals surface area contributed by atoms with Crippen LogP contribution in [0.2, 0.25) is 0 Å². The van der Waals surface area contributed by atoms with Crippen LogP contribution in [0.15, 0.2) is 0 Å². The van der Waals surface area contributed by atoms with Crippen LogP contribution in [-0.2, 0) is 4.79 Å². The largest absolute Gasteiger partial charge is 0.342 e. The highest BCUT2D eigenvalue weighted by atomic mass is 16.2. The Morgan fingerprint density at radius 2 is 1.88 bits per heavy atom. The lowest BCUT2D eigenvalue weighted by Gasteiger charge is -2.27. The number of carbonyl (C=O) groups is 1. The molecule has 3 heteroatoms. The van der Waals surface area contributed by atoms with Gasteiger partial charge in [0.05, 0.1) is 0 Å². The summed E-state index contributed by atoms with van der Waals surface area (Å²) in [5.41, 5.74) is 6.00. The summed E-state index contributed by atoms with van der Waals surface area (Å²) in [4.78, 5) is 14.3. The van der Waals surface area contributed by atoms with E-state index in [4.69, 9.17) is 5.73 Å². The van der Waals surface area contributed by atoms with Crippen LogP contribution in [0.4, 0.5) is 0 Å². The van der Waals surface area contributed by atoms with Crippen molar-refractivity contribution in [3.63, 3.8) is 0 Å². The quantitative estimate of drug-likeness (QED) is 0.725. The third kappa shape index (κ3) is 1.75. The lowest BCUT2D eigenvalue weighted by molar-refractivity contribution is -0.132. The summed E-state index contributed by atoms with van der Waals surface area (Å²) >= 11 is 0. The van der Waals surface area contributed by atoms with Crippen molar-refractivity contribution in [1.82, 2.24) is 4.90 Å². The molecule has 0 spiro atoms. The van der Waals surface area contributed by atoms with Crippen molar-refractivity contribution >= 4 is 5.91 Å². The van der Waals surface area contributed by atoms with E-state index in [0.29, 0.717) is 29.7 Å². The summed E-state index contributed by atoms with van der Waals surface area (Å²) < 4.78 is 0. The number of hydrogen-bond donors (Lipinski definition) is 1. The molecule has 16 heavy (non-hydrogen) atoms. The number of amides is 1. The molecule has 2 saturated carbocycles. The minimum Gasteiger partial charge on any atom is -0.342 e. The van der Waals surface area contributed by atoms with Gasteiger partial charge in [-0.2, -0.15) is 0 Å². The van der Waals surface area contributed by atoms with E-state index >= 15 is 0 Å². The van der Waals surface area contributed by atoms with Gasteiger partial charge in [0.25, 0.3) is 0 Å². The molecule has 1 saturated heterocycles. The number of fused-ring (bicyclic) bond motifs is 1. The molecule has 0 aromatic rings. The van der Waals surface area contributed by atoms with Crippen molar-refractivity contribution in [3.05, 3.63) is 0 Å². The van der Waals surface area contributed by atoms with Crippen molar-refractivity contribution in [2.75, 3.05) is 13.1 Å². The van der Waals surface area contributed by atoms with E-state index in [-0.39, 0.29) is 0 Å². The molecule has 3 unspecified atom stereocenters. The molecule has 1 amide bonds. The number of likely N-dealkylation sites (tertiary alicyclic amines) is 1. The molecule has 0 radical (unpaired) electrons. The highest BCUT2D eigenvalue weighted by Crippen LogP contribution is 2.42. The molecule has 0 aromatic carbocycles. The Hall–Kier alpha value is -0.570. The van der Waals surface area contributed by atoms with Gasteiger partial charge in [0, 0.05) is 25.0 Å². The second-order valence-corrected chi connectivity index (χ2v) is 6.16. The van der Waals surface area contributed by atoms with Gasteiger partial charge in [-0.25, -0.2) is 0 Å². The minimum absolute atomic E-state index is 0.355. The fraction of sp³-hybridized carbons (Fsp3) is 0.923. The summed E-state index contributed by atoms with van der Waals surface area (Å²) in [5, 5.41) is 0. The maximum absolute atomic E-state index is 12.1. The van der Waals surface area contributed by atoms with Crippen LogP contribution < -0.4 is 5.73 Å². The molecule has 1 aliphatic heterocycles. The molecule has 5 atom stereocenters. The van der Waals surface area contributed by atoms with Crippen molar-refractivity contribution in [1.29, 1.82) is 0 Å². The normalized spacial score (nSPS) is 46.6. The molecular weight excluding hydrogens is 200 g/mol. The molecule has 3 nitrogen and oxygen atoms in total. The van der Waals surface area contributed by atoms with E-state index in [1.54, 1.807) is 0 Å². The molecular formula is C13H22N2O. The van der Waals surface area contributed by atoms with Gasteiger partial charge in [-0.05, 0) is 43.4 Å². The standard InChI is InChI=1S/C13H22N2O/c1-8-4-12(8)13(16)15-6-9-2-3-11(14)5-10(9)7-15/h8-12H,2-7,14H2,1H3/t8?,9-,10+,11?,12?/m1/s1. The Morgan fingerprint density at radius 1 is 1.19 bits per heavy atom. The molecule has 3 aliphatic rings. The first-order chi connectivity index (χ1) is 7.65. The summed E-state index contributed by atoms with van der Waals surface area (Å²) in [6.07, 6.45) is 4.64. The monoisotopic (exact) mass is 222 g/mol. The van der Waals surface area contributed by atoms with E-state index in [0.717, 1.165) is 38.3 Å². The Morgan fingerprint density at radius 3 is 2.56 bits per heavy atom. The fourth-order valence-corrected chi connectivity index (χ4v) is 3.55. The summed E-state index contributed by atoms with van der Waals surface area (Å²) in [5.74, 6) is 2.86. The van der Waals surface area contributed by atoms with E-state index in [1.165, 1.54) is 6.42 Å². The van der Waals surface area contributed by atoms with Gasteiger partial charge in [0.15, 0.2) is 0 Å². The Bertz CT molecular complexity index is 304. The average Bonchev–Trinajstić information content (AvgIpc) is 2.83. The first-order valence-electron chi connectivity index (χ1n) is 6.69. The SMILES string of the molecule is CC1CC1C(=O)N1C[C@H]2CCC(N)C[C@H]2C1. The van der Waals surface area contributed by atoms with Crippen LogP contribution in [0, 0.1) is 23.7 Å². The third-order valence-electron chi connectivity index (χ3n) is 4.83. The smallest absolute Gasteiger partial charge is 0.225 e. The molecule has 90 valence electrons. The maximum atomic E-state index is 12.1. The van der Waals surface area contributed by atoms with Crippen LogP contribution in [0.5, 0.6) is 0 Å². The Balaban J connectivity index is 1.61. The van der Waals surface area contributed by atoms with Gasteiger partial charge in [-0.1, -0.05) is 6.92 Å². The highest BCUT2D eigenvalue weighted by Gasteiger charge is 2.45. The van der Waals surface area contributed by atoms with Crippen LogP contribution in [0.25, 0.3) is 0 Å². The van der Waals surface area contributed by atoms with E-state index in [2.05, 4.69) is 11.8 Å². The van der Waals surface area contributed by atoms with Gasteiger partial charge >= 0.3 is 0 Å². The highest BCUT2D eigenvalue weighted by molar-refractivity contribution is 5.81. The number of hydrogen-bond acceptors (Lipinski definition) is 2. The third-order valence-corrected chi connectivity index (χ3v) is 4.83. The second kappa shape index (κ2) is 3.73. The molecule has 3 fully saturated rings. The first-order valence-corrected chi connectivity index (χ1v) is 6.69. The van der Waals surface area contributed by atoms with E-state index < -0.39 is 0 Å². The van der Waals surface area contributed by atoms with Crippen LogP contribution in [0.3, 0.4) is 0 Å². The van der Waals surface area contributed by atoms with Crippen molar-refractivity contribution in [3.8, 4) is 0 Å². The molecule has 1 heterocycles. The lowest BCUT2D eigenvalue weighted by atomic mass is 9.79. The second-order valence-electron chi connectivity index (χ2n) is 6.16. The Labute approximate surface area is 97.4 Å². The summed E-state index contributed by atoms with van der Waals surface area (Å²) in [6.45, 7) is 4.18. The van der Waals surface area contributed by atoms with Gasteiger partial charge in [0.2, 0.25) is 5.91 Å². The zero-order valence-electron chi connectivity index (χ0n) is 10.1. The van der Waals surface area contributed by atoms with Crippen LogP contribution in [-0.4, -0.2) is 29.9 Å². The zero-order valence-corrected chi connectivity index (χ0v) is 10.1. The zero-order chi connectivity index (χ0) is 11.3. The number of rotatable bonds is 1. The summed E-state index contributed by atoms with van der Waals surface area (Å²) in [7, 11) is 0. The van der Waals surface area contributed by atoms with Crippen molar-refractivity contribution < 1.29 is 4.79 Å². The molecule has 3 rings (SSSR count). The predicted octanol–water partition coefficient (Wildman–Crippen LogP) is 1.23. The predicted molar refractivity (Wildman–Crippen MR) is 62.7 cm³/mol. The number of nitrogens with zero attached hydrogens (tertiary/aromatic N) is 1. The van der Waals surface area contributed by atoms with E-state index in [1.807, 2.05) is 0 Å². The summed E-state index contributed by atoms with van der Waals surface area (Å²) in [6, 6.07) is 0.385. The first kappa shape index (κ1) is 10.6. The average molecular weight is 222 g/mol. The minimum atomic E-state index is 0.355. The van der Waals surface area contributed by atoms with Crippen LogP contribution in [0.1, 0.15) is 32.6 Å². The van der Waals surface area contributed by atoms with Gasteiger partial charge < -0.3 is 10.6 Å². The van der Waals surface area contributed by atoms with Crippen LogP contribution >= 0.6 is 0 Å². The molecule has 2 N–H and O–H groups in total. The molecule has 2 aliphatic carbocycles.